The fraction of sp³-hybridized carbons (Fsp3) is 0.733. The Hall–Kier alpha value is -2.16. The summed E-state index contributed by atoms with van der Waals surface area (Å²) < 4.78 is 6.99. The highest BCUT2D eigenvalue weighted by Gasteiger charge is 2.32. The van der Waals surface area contributed by atoms with Gasteiger partial charge in [-0.3, -0.25) is 4.90 Å². The number of carbonyl (C=O) groups excluding carboxylic acids is 1. The molecular weight excluding hydrogens is 314 g/mol. The van der Waals surface area contributed by atoms with Gasteiger partial charge in [0, 0.05) is 33.1 Å². The number of imidazole rings is 1. The van der Waals surface area contributed by atoms with Gasteiger partial charge in [-0.15, -0.1) is 0 Å². The topological polar surface area (TPSA) is 93.7 Å². The van der Waals surface area contributed by atoms with Crippen LogP contribution in [0.1, 0.15) is 39.7 Å². The number of hydrogen-bond acceptors (Lipinski definition) is 6. The van der Waals surface area contributed by atoms with Crippen molar-refractivity contribution in [3.8, 4) is 0 Å². The second-order valence-corrected chi connectivity index (χ2v) is 6.93. The number of aryl methyl sites for hydroxylation is 1. The molecule has 1 amide bonds. The monoisotopic (exact) mass is 339 g/mol. The molecule has 1 saturated heterocycles. The number of aromatic nitrogens is 2. The van der Waals surface area contributed by atoms with Gasteiger partial charge in [-0.05, 0) is 32.6 Å². The molecule has 0 N–H and O–H groups in total. The van der Waals surface area contributed by atoms with E-state index in [-0.39, 0.29) is 18.1 Å². The lowest BCUT2D eigenvalue weighted by Gasteiger charge is -2.37. The van der Waals surface area contributed by atoms with Crippen molar-refractivity contribution >= 4 is 11.9 Å². The Morgan fingerprint density at radius 3 is 2.42 bits per heavy atom. The van der Waals surface area contributed by atoms with Crippen molar-refractivity contribution in [2.24, 2.45) is 0 Å². The summed E-state index contributed by atoms with van der Waals surface area (Å²) >= 11 is 0. The first-order valence-corrected chi connectivity index (χ1v) is 8.00. The molecule has 1 aromatic rings. The summed E-state index contributed by atoms with van der Waals surface area (Å²) in [5.74, 6) is 0.582. The third-order valence-corrected chi connectivity index (χ3v) is 4.02. The first kappa shape index (κ1) is 18.2. The predicted molar refractivity (Wildman–Crippen MR) is 87.7 cm³/mol. The standard InChI is InChI=1S/C15H25N5O4/c1-11-16-10-13(20(22)23)19(11)12(2)17-6-8-18(9-7-17)14(21)24-15(3,4)5/h10,12H,6-9H2,1-5H3. The molecule has 1 aliphatic rings. The normalized spacial score (nSPS) is 17.6. The largest absolute Gasteiger partial charge is 0.444 e. The minimum Gasteiger partial charge on any atom is -0.444 e. The number of nitro groups is 1. The summed E-state index contributed by atoms with van der Waals surface area (Å²) in [6, 6.07) is 0. The predicted octanol–water partition coefficient (Wildman–Crippen LogP) is 2.17. The minimum absolute atomic E-state index is 0.0189. The van der Waals surface area contributed by atoms with Gasteiger partial charge in [-0.1, -0.05) is 0 Å². The molecule has 1 aromatic heterocycles. The van der Waals surface area contributed by atoms with Crippen LogP contribution in [0.3, 0.4) is 0 Å². The van der Waals surface area contributed by atoms with Crippen molar-refractivity contribution in [3.63, 3.8) is 0 Å². The molecule has 24 heavy (non-hydrogen) atoms. The van der Waals surface area contributed by atoms with Crippen molar-refractivity contribution in [2.45, 2.75) is 46.4 Å². The van der Waals surface area contributed by atoms with Crippen LogP contribution < -0.4 is 0 Å². The fourth-order valence-electron chi connectivity index (χ4n) is 2.81. The molecule has 1 aliphatic heterocycles. The van der Waals surface area contributed by atoms with Crippen LogP contribution in [0.25, 0.3) is 0 Å². The van der Waals surface area contributed by atoms with E-state index in [1.54, 1.807) is 16.4 Å². The van der Waals surface area contributed by atoms with E-state index < -0.39 is 10.5 Å². The van der Waals surface area contributed by atoms with Crippen molar-refractivity contribution < 1.29 is 14.5 Å². The van der Waals surface area contributed by atoms with Gasteiger partial charge in [0.15, 0.2) is 12.0 Å². The Bertz CT molecular complexity index is 614. The molecule has 0 aromatic carbocycles. The number of hydrogen-bond donors (Lipinski definition) is 0. The van der Waals surface area contributed by atoms with Gasteiger partial charge in [0.25, 0.3) is 0 Å². The maximum absolute atomic E-state index is 12.1. The number of amides is 1. The van der Waals surface area contributed by atoms with E-state index in [4.69, 9.17) is 4.74 Å². The number of piperazine rings is 1. The molecule has 1 atom stereocenters. The lowest BCUT2D eigenvalue weighted by molar-refractivity contribution is -0.393. The average Bonchev–Trinajstić information content (AvgIpc) is 2.87. The third-order valence-electron chi connectivity index (χ3n) is 4.02. The summed E-state index contributed by atoms with van der Waals surface area (Å²) in [5, 5.41) is 11.2. The van der Waals surface area contributed by atoms with E-state index >= 15 is 0 Å². The second-order valence-electron chi connectivity index (χ2n) is 6.93. The zero-order valence-electron chi connectivity index (χ0n) is 14.9. The Morgan fingerprint density at radius 2 is 1.92 bits per heavy atom. The minimum atomic E-state index is -0.518. The van der Waals surface area contributed by atoms with E-state index in [1.165, 1.54) is 6.20 Å². The van der Waals surface area contributed by atoms with E-state index in [0.717, 1.165) is 0 Å². The molecule has 2 rings (SSSR count). The smallest absolute Gasteiger partial charge is 0.410 e. The van der Waals surface area contributed by atoms with E-state index in [9.17, 15) is 14.9 Å². The van der Waals surface area contributed by atoms with E-state index in [0.29, 0.717) is 32.0 Å². The fourth-order valence-corrected chi connectivity index (χ4v) is 2.81. The van der Waals surface area contributed by atoms with Gasteiger partial charge in [0.05, 0.1) is 0 Å². The molecule has 9 nitrogen and oxygen atoms in total. The molecule has 0 aliphatic carbocycles. The number of rotatable bonds is 3. The average molecular weight is 339 g/mol. The van der Waals surface area contributed by atoms with Crippen molar-refractivity contribution in [2.75, 3.05) is 26.2 Å². The third kappa shape index (κ3) is 4.02. The summed E-state index contributed by atoms with van der Waals surface area (Å²) in [6.07, 6.45) is 0.760. The zero-order valence-corrected chi connectivity index (χ0v) is 14.9. The van der Waals surface area contributed by atoms with Crippen LogP contribution in [0.5, 0.6) is 0 Å². The molecule has 0 saturated carbocycles. The molecule has 0 spiro atoms. The molecule has 0 radical (unpaired) electrons. The first-order chi connectivity index (χ1) is 11.1. The number of ether oxygens (including phenoxy) is 1. The van der Waals surface area contributed by atoms with Crippen LogP contribution in [0.15, 0.2) is 6.20 Å². The lowest BCUT2D eigenvalue weighted by Crippen LogP contribution is -2.51. The van der Waals surface area contributed by atoms with Crippen molar-refractivity contribution in [3.05, 3.63) is 22.1 Å². The van der Waals surface area contributed by atoms with Crippen LogP contribution in [0, 0.1) is 17.0 Å². The van der Waals surface area contributed by atoms with Crippen LogP contribution >= 0.6 is 0 Å². The van der Waals surface area contributed by atoms with Gasteiger partial charge >= 0.3 is 11.9 Å². The summed E-state index contributed by atoms with van der Waals surface area (Å²) in [4.78, 5) is 30.6. The van der Waals surface area contributed by atoms with Crippen LogP contribution in [0.2, 0.25) is 0 Å². The highest BCUT2D eigenvalue weighted by molar-refractivity contribution is 5.68. The van der Waals surface area contributed by atoms with Crippen molar-refractivity contribution in [1.29, 1.82) is 0 Å². The van der Waals surface area contributed by atoms with Crippen LogP contribution in [0.4, 0.5) is 10.6 Å². The molecular formula is C15H25N5O4. The SMILES string of the molecule is Cc1ncc([N+](=O)[O-])n1C(C)N1CCN(C(=O)OC(C)(C)C)CC1. The molecule has 134 valence electrons. The summed E-state index contributed by atoms with van der Waals surface area (Å²) in [7, 11) is 0. The molecule has 1 fully saturated rings. The number of nitrogens with zero attached hydrogens (tertiary/aromatic N) is 5. The molecule has 1 unspecified atom stereocenters. The molecule has 9 heteroatoms. The van der Waals surface area contributed by atoms with Crippen LogP contribution in [-0.2, 0) is 4.74 Å². The quantitative estimate of drug-likeness (QED) is 0.619. The zero-order chi connectivity index (χ0) is 18.1. The Kier molecular flexibility index (Phi) is 5.12. The maximum atomic E-state index is 12.1. The summed E-state index contributed by atoms with van der Waals surface area (Å²) in [6.45, 7) is 11.5. The Labute approximate surface area is 141 Å². The highest BCUT2D eigenvalue weighted by atomic mass is 16.6. The Balaban J connectivity index is 2.01. The second kappa shape index (κ2) is 6.76. The lowest BCUT2D eigenvalue weighted by atomic mass is 10.2. The molecule has 0 bridgehead atoms. The van der Waals surface area contributed by atoms with Gasteiger partial charge in [0.1, 0.15) is 11.8 Å². The summed E-state index contributed by atoms with van der Waals surface area (Å²) in [5.41, 5.74) is -0.518. The van der Waals surface area contributed by atoms with Gasteiger partial charge in [-0.25, -0.2) is 9.78 Å². The van der Waals surface area contributed by atoms with Gasteiger partial charge in [-0.2, -0.15) is 4.57 Å². The van der Waals surface area contributed by atoms with Crippen molar-refractivity contribution in [1.82, 2.24) is 19.4 Å². The highest BCUT2D eigenvalue weighted by Crippen LogP contribution is 2.24. The first-order valence-electron chi connectivity index (χ1n) is 8.00. The molecule has 2 heterocycles. The van der Waals surface area contributed by atoms with E-state index in [1.807, 2.05) is 27.7 Å². The van der Waals surface area contributed by atoms with E-state index in [2.05, 4.69) is 9.88 Å². The number of carbonyl (C=O) groups is 1. The Morgan fingerprint density at radius 1 is 1.33 bits per heavy atom. The maximum Gasteiger partial charge on any atom is 0.410 e. The van der Waals surface area contributed by atoms with Gasteiger partial charge in [0.2, 0.25) is 0 Å². The van der Waals surface area contributed by atoms with Gasteiger partial charge < -0.3 is 19.8 Å². The van der Waals surface area contributed by atoms with Crippen LogP contribution in [-0.4, -0.2) is 62.1 Å².